The Kier molecular flexibility index (Phi) is 4.15. The second kappa shape index (κ2) is 6.22. The molecule has 1 saturated heterocycles. The van der Waals surface area contributed by atoms with Crippen LogP contribution in [0.5, 0.6) is 0 Å². The van der Waals surface area contributed by atoms with Gasteiger partial charge in [0.15, 0.2) is 5.82 Å². The summed E-state index contributed by atoms with van der Waals surface area (Å²) >= 11 is 0. The molecule has 110 valence electrons. The minimum Gasteiger partial charge on any atom is -0.367 e. The zero-order valence-corrected chi connectivity index (χ0v) is 12.7. The Hall–Kier alpha value is -1.94. The maximum Gasteiger partial charge on any atom is 0.161 e. The first-order chi connectivity index (χ1) is 10.2. The third-order valence-corrected chi connectivity index (χ3v) is 4.25. The number of piperidine rings is 1. The van der Waals surface area contributed by atoms with Gasteiger partial charge < -0.3 is 10.2 Å². The fraction of sp³-hybridized carbons (Fsp3) is 0.412. The molecule has 2 atom stereocenters. The van der Waals surface area contributed by atoms with E-state index in [1.54, 1.807) is 0 Å². The number of rotatable bonds is 3. The molecule has 1 aromatic heterocycles. The van der Waals surface area contributed by atoms with E-state index in [2.05, 4.69) is 34.2 Å². The monoisotopic (exact) mass is 282 g/mol. The van der Waals surface area contributed by atoms with E-state index in [0.717, 1.165) is 36.6 Å². The molecule has 21 heavy (non-hydrogen) atoms. The van der Waals surface area contributed by atoms with Crippen LogP contribution >= 0.6 is 0 Å². The quantitative estimate of drug-likeness (QED) is 0.939. The first kappa shape index (κ1) is 14.0. The van der Waals surface area contributed by atoms with E-state index in [4.69, 9.17) is 0 Å². The highest BCUT2D eigenvalue weighted by atomic mass is 15.2. The first-order valence-electron chi connectivity index (χ1n) is 7.57. The summed E-state index contributed by atoms with van der Waals surface area (Å²) in [6.45, 7) is 3.42. The third kappa shape index (κ3) is 3.39. The molecule has 1 aliphatic rings. The van der Waals surface area contributed by atoms with Crippen LogP contribution in [-0.4, -0.2) is 40.5 Å². The smallest absolute Gasteiger partial charge is 0.161 e. The molecule has 0 bridgehead atoms. The predicted molar refractivity (Wildman–Crippen MR) is 86.2 cm³/mol. The number of hydrogen-bond acceptors (Lipinski definition) is 4. The second-order valence-electron chi connectivity index (χ2n) is 5.83. The van der Waals surface area contributed by atoms with E-state index in [1.807, 2.05) is 42.6 Å². The van der Waals surface area contributed by atoms with Crippen molar-refractivity contribution in [3.63, 3.8) is 0 Å². The van der Waals surface area contributed by atoms with Crippen molar-refractivity contribution < 1.29 is 0 Å². The van der Waals surface area contributed by atoms with Crippen molar-refractivity contribution in [2.24, 2.45) is 0 Å². The largest absolute Gasteiger partial charge is 0.367 e. The summed E-state index contributed by atoms with van der Waals surface area (Å²) in [5.74, 6) is 1.70. The molecule has 0 saturated carbocycles. The normalized spacial score (nSPS) is 23.0. The molecule has 0 radical (unpaired) electrons. The van der Waals surface area contributed by atoms with Crippen molar-refractivity contribution in [1.82, 2.24) is 14.9 Å². The Morgan fingerprint density at radius 1 is 1.19 bits per heavy atom. The fourth-order valence-corrected chi connectivity index (χ4v) is 2.80. The van der Waals surface area contributed by atoms with Crippen molar-refractivity contribution in [2.75, 3.05) is 18.9 Å². The van der Waals surface area contributed by atoms with E-state index in [0.29, 0.717) is 12.1 Å². The molecule has 2 aromatic rings. The summed E-state index contributed by atoms with van der Waals surface area (Å²) in [7, 11) is 2.19. The van der Waals surface area contributed by atoms with Gasteiger partial charge in [-0.2, -0.15) is 0 Å². The maximum absolute atomic E-state index is 4.65. The lowest BCUT2D eigenvalue weighted by molar-refractivity contribution is 0.190. The van der Waals surface area contributed by atoms with Gasteiger partial charge in [-0.1, -0.05) is 30.3 Å². The van der Waals surface area contributed by atoms with Crippen molar-refractivity contribution in [3.05, 3.63) is 42.6 Å². The summed E-state index contributed by atoms with van der Waals surface area (Å²) in [6, 6.07) is 13.2. The van der Waals surface area contributed by atoms with Gasteiger partial charge in [0.25, 0.3) is 0 Å². The number of nitrogens with one attached hydrogen (secondary N) is 1. The molecule has 0 spiro atoms. The summed E-state index contributed by atoms with van der Waals surface area (Å²) in [5.41, 5.74) is 1.05. The SMILES string of the molecule is CC1CC(Nc2ccnc(-c3ccccc3)n2)CCN1C. The number of likely N-dealkylation sites (tertiary alicyclic amines) is 1. The first-order valence-corrected chi connectivity index (χ1v) is 7.57. The number of anilines is 1. The Balaban J connectivity index is 1.72. The van der Waals surface area contributed by atoms with E-state index in [-0.39, 0.29) is 0 Å². The lowest BCUT2D eigenvalue weighted by Crippen LogP contribution is -2.42. The van der Waals surface area contributed by atoms with Gasteiger partial charge in [-0.05, 0) is 32.9 Å². The topological polar surface area (TPSA) is 41.1 Å². The Morgan fingerprint density at radius 2 is 2.00 bits per heavy atom. The van der Waals surface area contributed by atoms with Crippen LogP contribution in [0.4, 0.5) is 5.82 Å². The molecular weight excluding hydrogens is 260 g/mol. The molecule has 3 rings (SSSR count). The standard InChI is InChI=1S/C17H22N4/c1-13-12-15(9-11-21(13)2)19-16-8-10-18-17(20-16)14-6-4-3-5-7-14/h3-8,10,13,15H,9,11-12H2,1-2H3,(H,18,19,20). The highest BCUT2D eigenvalue weighted by Crippen LogP contribution is 2.20. The summed E-state index contributed by atoms with van der Waals surface area (Å²) < 4.78 is 0. The van der Waals surface area contributed by atoms with Crippen molar-refractivity contribution >= 4 is 5.82 Å². The van der Waals surface area contributed by atoms with Gasteiger partial charge in [0.2, 0.25) is 0 Å². The molecule has 2 unspecified atom stereocenters. The lowest BCUT2D eigenvalue weighted by atomic mass is 9.99. The van der Waals surface area contributed by atoms with Crippen LogP contribution in [0.2, 0.25) is 0 Å². The van der Waals surface area contributed by atoms with Gasteiger partial charge in [0, 0.05) is 30.4 Å². The van der Waals surface area contributed by atoms with Crippen LogP contribution in [0.15, 0.2) is 42.6 Å². The molecular formula is C17H22N4. The summed E-state index contributed by atoms with van der Waals surface area (Å²) in [4.78, 5) is 11.4. The molecule has 2 heterocycles. The third-order valence-electron chi connectivity index (χ3n) is 4.25. The molecule has 4 nitrogen and oxygen atoms in total. The van der Waals surface area contributed by atoms with Crippen LogP contribution in [0.1, 0.15) is 19.8 Å². The van der Waals surface area contributed by atoms with Gasteiger partial charge in [-0.25, -0.2) is 9.97 Å². The highest BCUT2D eigenvalue weighted by Gasteiger charge is 2.22. The highest BCUT2D eigenvalue weighted by molar-refractivity contribution is 5.56. The molecule has 1 N–H and O–H groups in total. The van der Waals surface area contributed by atoms with E-state index in [9.17, 15) is 0 Å². The molecule has 1 aliphatic heterocycles. The summed E-state index contributed by atoms with van der Waals surface area (Å²) in [5, 5.41) is 3.56. The van der Waals surface area contributed by atoms with Gasteiger partial charge >= 0.3 is 0 Å². The van der Waals surface area contributed by atoms with Crippen LogP contribution in [0.25, 0.3) is 11.4 Å². The van der Waals surface area contributed by atoms with Crippen LogP contribution in [-0.2, 0) is 0 Å². The predicted octanol–water partition coefficient (Wildman–Crippen LogP) is 3.04. The summed E-state index contributed by atoms with van der Waals surface area (Å²) in [6.07, 6.45) is 4.14. The van der Waals surface area contributed by atoms with Crippen LogP contribution < -0.4 is 5.32 Å². The van der Waals surface area contributed by atoms with Gasteiger partial charge in [0.05, 0.1) is 0 Å². The number of hydrogen-bond donors (Lipinski definition) is 1. The van der Waals surface area contributed by atoms with Gasteiger partial charge in [-0.3, -0.25) is 0 Å². The van der Waals surface area contributed by atoms with Crippen molar-refractivity contribution in [2.45, 2.75) is 31.8 Å². The number of benzene rings is 1. The van der Waals surface area contributed by atoms with Crippen molar-refractivity contribution in [1.29, 1.82) is 0 Å². The second-order valence-corrected chi connectivity index (χ2v) is 5.83. The molecule has 0 aliphatic carbocycles. The minimum atomic E-state index is 0.495. The van der Waals surface area contributed by atoms with Gasteiger partial charge in [-0.15, -0.1) is 0 Å². The van der Waals surface area contributed by atoms with Gasteiger partial charge in [0.1, 0.15) is 5.82 Å². The number of aromatic nitrogens is 2. The number of nitrogens with zero attached hydrogens (tertiary/aromatic N) is 3. The average Bonchev–Trinajstić information content (AvgIpc) is 2.52. The average molecular weight is 282 g/mol. The zero-order chi connectivity index (χ0) is 14.7. The molecule has 1 aromatic carbocycles. The maximum atomic E-state index is 4.65. The molecule has 1 fully saturated rings. The lowest BCUT2D eigenvalue weighted by Gasteiger charge is -2.35. The van der Waals surface area contributed by atoms with E-state index in [1.165, 1.54) is 0 Å². The molecule has 0 amide bonds. The zero-order valence-electron chi connectivity index (χ0n) is 12.7. The minimum absolute atomic E-state index is 0.495. The van der Waals surface area contributed by atoms with Crippen LogP contribution in [0, 0.1) is 0 Å². The molecule has 4 heteroatoms. The van der Waals surface area contributed by atoms with Crippen molar-refractivity contribution in [3.8, 4) is 11.4 Å². The Morgan fingerprint density at radius 3 is 2.76 bits per heavy atom. The van der Waals surface area contributed by atoms with E-state index < -0.39 is 0 Å². The fourth-order valence-electron chi connectivity index (χ4n) is 2.80. The Labute approximate surface area is 126 Å². The van der Waals surface area contributed by atoms with Crippen LogP contribution in [0.3, 0.4) is 0 Å². The van der Waals surface area contributed by atoms with E-state index >= 15 is 0 Å². The Bertz CT molecular complexity index is 584.